The first kappa shape index (κ1) is 17.1. The monoisotopic (exact) mass is 383 g/mol. The summed E-state index contributed by atoms with van der Waals surface area (Å²) in [4.78, 5) is 19.9. The molecule has 4 rings (SSSR count). The summed E-state index contributed by atoms with van der Waals surface area (Å²) in [6.07, 6.45) is 3.88. The van der Waals surface area contributed by atoms with Crippen LogP contribution >= 0.6 is 22.9 Å². The molecule has 0 atom stereocenters. The van der Waals surface area contributed by atoms with Crippen LogP contribution in [-0.2, 0) is 17.6 Å². The minimum absolute atomic E-state index is 0.0575. The number of nitrogens with one attached hydrogen (secondary N) is 2. The normalized spacial score (nSPS) is 11.3. The molecule has 2 N–H and O–H groups in total. The second kappa shape index (κ2) is 7.48. The highest BCUT2D eigenvalue weighted by molar-refractivity contribution is 7.18. The number of nitrogens with zero attached hydrogens (tertiary/aromatic N) is 1. The lowest BCUT2D eigenvalue weighted by atomic mass is 10.1. The van der Waals surface area contributed by atoms with Gasteiger partial charge in [0.05, 0.1) is 15.2 Å². The Kier molecular flexibility index (Phi) is 4.91. The fourth-order valence-electron chi connectivity index (χ4n) is 3.03. The Morgan fingerprint density at radius 2 is 2.08 bits per heavy atom. The molecule has 4 nitrogen and oxygen atoms in total. The Morgan fingerprint density at radius 3 is 2.96 bits per heavy atom. The van der Waals surface area contributed by atoms with Gasteiger partial charge >= 0.3 is 0 Å². The zero-order valence-corrected chi connectivity index (χ0v) is 15.7. The van der Waals surface area contributed by atoms with Crippen molar-refractivity contribution >= 4 is 50.0 Å². The number of hydrogen-bond donors (Lipinski definition) is 2. The zero-order valence-electron chi connectivity index (χ0n) is 14.1. The summed E-state index contributed by atoms with van der Waals surface area (Å²) in [5.74, 6) is 0.0575. The van der Waals surface area contributed by atoms with Crippen molar-refractivity contribution in [2.45, 2.75) is 19.3 Å². The smallest absolute Gasteiger partial charge is 0.220 e. The molecule has 1 amide bonds. The average molecular weight is 384 g/mol. The molecule has 2 heterocycles. The minimum atomic E-state index is 0.0575. The first-order valence-electron chi connectivity index (χ1n) is 8.56. The highest BCUT2D eigenvalue weighted by Crippen LogP contribution is 2.23. The average Bonchev–Trinajstić information content (AvgIpc) is 3.23. The molecular formula is C20H18ClN3OS. The van der Waals surface area contributed by atoms with Crippen LogP contribution in [0.3, 0.4) is 0 Å². The van der Waals surface area contributed by atoms with Crippen LogP contribution in [0.1, 0.15) is 17.0 Å². The van der Waals surface area contributed by atoms with Gasteiger partial charge in [-0.25, -0.2) is 4.98 Å². The number of halogens is 1. The molecular weight excluding hydrogens is 366 g/mol. The Balaban J connectivity index is 1.29. The molecule has 6 heteroatoms. The van der Waals surface area contributed by atoms with Gasteiger partial charge in [0.15, 0.2) is 0 Å². The van der Waals surface area contributed by atoms with Crippen LogP contribution < -0.4 is 5.32 Å². The molecule has 0 fully saturated rings. The van der Waals surface area contributed by atoms with E-state index in [2.05, 4.69) is 21.4 Å². The van der Waals surface area contributed by atoms with Gasteiger partial charge in [0, 0.05) is 41.5 Å². The SMILES string of the molecule is O=C(CCc1nc2ccccc2s1)NCCc1c[nH]c2ccc(Cl)cc12. The molecule has 0 saturated heterocycles. The van der Waals surface area contributed by atoms with Crippen molar-refractivity contribution in [3.05, 3.63) is 64.3 Å². The number of aromatic amines is 1. The van der Waals surface area contributed by atoms with E-state index in [9.17, 15) is 4.79 Å². The standard InChI is InChI=1S/C20H18ClN3OS/c21-14-5-6-16-15(11-14)13(12-23-16)9-10-22-19(25)7-8-20-24-17-3-1-2-4-18(17)26-20/h1-6,11-12,23H,7-10H2,(H,22,25). The van der Waals surface area contributed by atoms with Gasteiger partial charge in [0.1, 0.15) is 0 Å². The summed E-state index contributed by atoms with van der Waals surface area (Å²) in [7, 11) is 0. The van der Waals surface area contributed by atoms with E-state index in [-0.39, 0.29) is 5.91 Å². The maximum Gasteiger partial charge on any atom is 0.220 e. The van der Waals surface area contributed by atoms with E-state index in [0.29, 0.717) is 19.4 Å². The third kappa shape index (κ3) is 3.74. The van der Waals surface area contributed by atoms with E-state index in [1.807, 2.05) is 42.6 Å². The number of amides is 1. The number of fused-ring (bicyclic) bond motifs is 2. The van der Waals surface area contributed by atoms with Crippen molar-refractivity contribution in [3.8, 4) is 0 Å². The third-order valence-corrected chi connectivity index (χ3v) is 5.68. The molecule has 0 aliphatic heterocycles. The maximum atomic E-state index is 12.1. The van der Waals surface area contributed by atoms with Gasteiger partial charge in [-0.15, -0.1) is 11.3 Å². The molecule has 2 aromatic carbocycles. The number of aromatic nitrogens is 2. The Labute approximate surface area is 160 Å². The van der Waals surface area contributed by atoms with Crippen LogP contribution in [0, 0.1) is 0 Å². The lowest BCUT2D eigenvalue weighted by Gasteiger charge is -2.04. The first-order valence-corrected chi connectivity index (χ1v) is 9.75. The number of carbonyl (C=O) groups is 1. The quantitative estimate of drug-likeness (QED) is 0.506. The van der Waals surface area contributed by atoms with Gasteiger partial charge in [-0.1, -0.05) is 23.7 Å². The van der Waals surface area contributed by atoms with Crippen molar-refractivity contribution in [2.75, 3.05) is 6.54 Å². The lowest BCUT2D eigenvalue weighted by Crippen LogP contribution is -2.25. The second-order valence-electron chi connectivity index (χ2n) is 6.18. The van der Waals surface area contributed by atoms with Crippen LogP contribution in [-0.4, -0.2) is 22.4 Å². The van der Waals surface area contributed by atoms with Crippen LogP contribution in [0.15, 0.2) is 48.7 Å². The largest absolute Gasteiger partial charge is 0.361 e. The summed E-state index contributed by atoms with van der Waals surface area (Å²) in [6.45, 7) is 0.609. The first-order chi connectivity index (χ1) is 12.7. The fourth-order valence-corrected chi connectivity index (χ4v) is 4.17. The van der Waals surface area contributed by atoms with Crippen LogP contribution in [0.25, 0.3) is 21.1 Å². The summed E-state index contributed by atoms with van der Waals surface area (Å²) >= 11 is 7.73. The van der Waals surface area contributed by atoms with Crippen molar-refractivity contribution in [1.29, 1.82) is 0 Å². The second-order valence-corrected chi connectivity index (χ2v) is 7.73. The van der Waals surface area contributed by atoms with Gasteiger partial charge in [-0.05, 0) is 42.3 Å². The topological polar surface area (TPSA) is 57.8 Å². The van der Waals surface area contributed by atoms with Crippen molar-refractivity contribution < 1.29 is 4.79 Å². The van der Waals surface area contributed by atoms with E-state index in [0.717, 1.165) is 38.4 Å². The van der Waals surface area contributed by atoms with E-state index in [1.54, 1.807) is 11.3 Å². The summed E-state index contributed by atoms with van der Waals surface area (Å²) in [6, 6.07) is 13.8. The van der Waals surface area contributed by atoms with Crippen LogP contribution in [0.5, 0.6) is 0 Å². The number of para-hydroxylation sites is 1. The Bertz CT molecular complexity index is 1040. The maximum absolute atomic E-state index is 12.1. The fraction of sp³-hybridized carbons (Fsp3) is 0.200. The predicted molar refractivity (Wildman–Crippen MR) is 108 cm³/mol. The molecule has 0 aliphatic rings. The van der Waals surface area contributed by atoms with Crippen molar-refractivity contribution in [1.82, 2.24) is 15.3 Å². The van der Waals surface area contributed by atoms with E-state index >= 15 is 0 Å². The number of benzene rings is 2. The number of aryl methyl sites for hydroxylation is 1. The molecule has 4 aromatic rings. The van der Waals surface area contributed by atoms with E-state index in [4.69, 9.17) is 11.6 Å². The molecule has 26 heavy (non-hydrogen) atoms. The number of thiazole rings is 1. The number of carbonyl (C=O) groups excluding carboxylic acids is 1. The molecule has 0 saturated carbocycles. The molecule has 0 bridgehead atoms. The summed E-state index contributed by atoms with van der Waals surface area (Å²) < 4.78 is 1.17. The third-order valence-electron chi connectivity index (χ3n) is 4.35. The van der Waals surface area contributed by atoms with E-state index in [1.165, 1.54) is 4.70 Å². The molecule has 132 valence electrons. The van der Waals surface area contributed by atoms with Gasteiger partial charge in [0.25, 0.3) is 0 Å². The molecule has 0 unspecified atom stereocenters. The van der Waals surface area contributed by atoms with Crippen LogP contribution in [0.2, 0.25) is 5.02 Å². The lowest BCUT2D eigenvalue weighted by molar-refractivity contribution is -0.121. The number of rotatable bonds is 6. The summed E-state index contributed by atoms with van der Waals surface area (Å²) in [5, 5.41) is 5.84. The predicted octanol–water partition coefficient (Wildman–Crippen LogP) is 4.72. The molecule has 0 radical (unpaired) electrons. The van der Waals surface area contributed by atoms with Gasteiger partial charge < -0.3 is 10.3 Å². The highest BCUT2D eigenvalue weighted by Gasteiger charge is 2.08. The minimum Gasteiger partial charge on any atom is -0.361 e. The van der Waals surface area contributed by atoms with Gasteiger partial charge in [-0.3, -0.25) is 4.79 Å². The van der Waals surface area contributed by atoms with E-state index < -0.39 is 0 Å². The van der Waals surface area contributed by atoms with Gasteiger partial charge in [0.2, 0.25) is 5.91 Å². The Morgan fingerprint density at radius 1 is 1.19 bits per heavy atom. The van der Waals surface area contributed by atoms with Crippen molar-refractivity contribution in [2.24, 2.45) is 0 Å². The summed E-state index contributed by atoms with van der Waals surface area (Å²) in [5.41, 5.74) is 3.23. The number of H-pyrrole nitrogens is 1. The van der Waals surface area contributed by atoms with Crippen molar-refractivity contribution in [3.63, 3.8) is 0 Å². The van der Waals surface area contributed by atoms with Crippen LogP contribution in [0.4, 0.5) is 0 Å². The molecule has 0 aliphatic carbocycles. The molecule has 0 spiro atoms. The number of hydrogen-bond acceptors (Lipinski definition) is 3. The highest BCUT2D eigenvalue weighted by atomic mass is 35.5. The van der Waals surface area contributed by atoms with Gasteiger partial charge in [-0.2, -0.15) is 0 Å². The Hall–Kier alpha value is -2.37. The zero-order chi connectivity index (χ0) is 17.9. The molecule has 2 aromatic heterocycles.